The van der Waals surface area contributed by atoms with Crippen molar-refractivity contribution >= 4 is 31.2 Å². The second-order valence-corrected chi connectivity index (χ2v) is 3.08. The van der Waals surface area contributed by atoms with Gasteiger partial charge < -0.3 is 5.73 Å². The maximum absolute atomic E-state index is 10.5. The van der Waals surface area contributed by atoms with Gasteiger partial charge in [-0.15, -0.1) is 0 Å². The van der Waals surface area contributed by atoms with Crippen molar-refractivity contribution < 1.29 is 4.79 Å². The smallest absolute Gasteiger partial charge is 0.231 e. The van der Waals surface area contributed by atoms with Crippen LogP contribution in [-0.4, -0.2) is 41.9 Å². The van der Waals surface area contributed by atoms with E-state index in [4.69, 9.17) is 5.73 Å². The zero-order chi connectivity index (χ0) is 8.69. The third-order valence-electron chi connectivity index (χ3n) is 1.21. The van der Waals surface area contributed by atoms with Crippen LogP contribution in [0.2, 0.25) is 0 Å². The minimum absolute atomic E-state index is 0.298. The Morgan fingerprint density at radius 2 is 1.73 bits per heavy atom. The monoisotopic (exact) mass is 194 g/mol. The number of rotatable bonds is 6. The highest BCUT2D eigenvalue weighted by atomic mass is 32.1. The molecule has 3 nitrogen and oxygen atoms in total. The lowest BCUT2D eigenvalue weighted by molar-refractivity contribution is -0.119. The van der Waals surface area contributed by atoms with E-state index in [1.54, 1.807) is 0 Å². The fourth-order valence-corrected chi connectivity index (χ4v) is 1.34. The van der Waals surface area contributed by atoms with Crippen molar-refractivity contribution in [3.63, 3.8) is 0 Å². The molecule has 0 rings (SSSR count). The van der Waals surface area contributed by atoms with Gasteiger partial charge in [-0.3, -0.25) is 9.69 Å². The van der Waals surface area contributed by atoms with E-state index in [9.17, 15) is 4.79 Å². The van der Waals surface area contributed by atoms with Gasteiger partial charge in [0.15, 0.2) is 0 Å². The van der Waals surface area contributed by atoms with Crippen molar-refractivity contribution in [1.82, 2.24) is 4.90 Å². The van der Waals surface area contributed by atoms with Crippen LogP contribution in [0, 0.1) is 0 Å². The number of carbonyl (C=O) groups excluding carboxylic acids is 1. The molecule has 0 aromatic heterocycles. The summed E-state index contributed by atoms with van der Waals surface area (Å²) >= 11 is 8.11. The van der Waals surface area contributed by atoms with E-state index in [0.29, 0.717) is 6.54 Å². The molecule has 0 aliphatic heterocycles. The molecule has 0 aliphatic rings. The molecule has 0 aromatic carbocycles. The van der Waals surface area contributed by atoms with Gasteiger partial charge in [-0.2, -0.15) is 25.3 Å². The zero-order valence-electron chi connectivity index (χ0n) is 6.36. The van der Waals surface area contributed by atoms with E-state index in [1.165, 1.54) is 0 Å². The molecule has 2 N–H and O–H groups in total. The predicted octanol–water partition coefficient (Wildman–Crippen LogP) is -0.367. The van der Waals surface area contributed by atoms with E-state index in [1.807, 2.05) is 4.90 Å². The summed E-state index contributed by atoms with van der Waals surface area (Å²) in [6, 6.07) is 0. The van der Waals surface area contributed by atoms with Crippen LogP contribution >= 0.6 is 25.3 Å². The summed E-state index contributed by atoms with van der Waals surface area (Å²) in [6.45, 7) is 1.88. The van der Waals surface area contributed by atoms with Gasteiger partial charge in [0.25, 0.3) is 0 Å². The van der Waals surface area contributed by atoms with Gasteiger partial charge in [0, 0.05) is 24.6 Å². The van der Waals surface area contributed by atoms with E-state index >= 15 is 0 Å². The first kappa shape index (κ1) is 11.1. The number of hydrogen-bond acceptors (Lipinski definition) is 4. The summed E-state index contributed by atoms with van der Waals surface area (Å²) in [7, 11) is 0. The number of thiol groups is 2. The molecule has 11 heavy (non-hydrogen) atoms. The molecule has 5 heteroatoms. The molecule has 0 aromatic rings. The molecule has 0 aliphatic carbocycles. The van der Waals surface area contributed by atoms with Gasteiger partial charge in [-0.25, -0.2) is 0 Å². The van der Waals surface area contributed by atoms with E-state index < -0.39 is 0 Å². The normalized spacial score (nSPS) is 10.5. The second kappa shape index (κ2) is 6.82. The van der Waals surface area contributed by atoms with Crippen molar-refractivity contribution in [2.24, 2.45) is 5.73 Å². The van der Waals surface area contributed by atoms with Crippen molar-refractivity contribution in [3.8, 4) is 0 Å². The standard InChI is InChI=1S/C6H14N2OS2/c7-6(9)5-8(1-3-10)2-4-11/h10-11H,1-5H2,(H2,7,9). The molecule has 0 fully saturated rings. The van der Waals surface area contributed by atoms with Crippen LogP contribution < -0.4 is 5.73 Å². The van der Waals surface area contributed by atoms with Crippen molar-refractivity contribution in [2.45, 2.75) is 0 Å². The van der Waals surface area contributed by atoms with Crippen molar-refractivity contribution in [1.29, 1.82) is 0 Å². The van der Waals surface area contributed by atoms with Gasteiger partial charge >= 0.3 is 0 Å². The molecule has 1 amide bonds. The van der Waals surface area contributed by atoms with Crippen LogP contribution in [0.1, 0.15) is 0 Å². The fourth-order valence-electron chi connectivity index (χ4n) is 0.773. The van der Waals surface area contributed by atoms with Crippen LogP contribution in [0.15, 0.2) is 0 Å². The summed E-state index contributed by atoms with van der Waals surface area (Å²) < 4.78 is 0. The first-order chi connectivity index (χ1) is 5.20. The molecule has 0 unspecified atom stereocenters. The third kappa shape index (κ3) is 6.52. The molecule has 0 spiro atoms. The first-order valence-corrected chi connectivity index (χ1v) is 4.69. The number of nitrogens with two attached hydrogens (primary N) is 1. The summed E-state index contributed by atoms with van der Waals surface area (Å²) in [4.78, 5) is 12.4. The average Bonchev–Trinajstić information content (AvgIpc) is 1.87. The number of hydrogen-bond donors (Lipinski definition) is 3. The van der Waals surface area contributed by atoms with Crippen LogP contribution in [0.25, 0.3) is 0 Å². The number of nitrogens with zero attached hydrogens (tertiary/aromatic N) is 1. The largest absolute Gasteiger partial charge is 0.369 e. The second-order valence-electron chi connectivity index (χ2n) is 2.19. The molecular weight excluding hydrogens is 180 g/mol. The van der Waals surface area contributed by atoms with Crippen molar-refractivity contribution in [2.75, 3.05) is 31.1 Å². The summed E-state index contributed by atoms with van der Waals surface area (Å²) in [6.07, 6.45) is 0. The molecule has 66 valence electrons. The van der Waals surface area contributed by atoms with Crippen LogP contribution in [0.4, 0.5) is 0 Å². The Hall–Kier alpha value is 0.130. The van der Waals surface area contributed by atoms with Gasteiger partial charge in [-0.05, 0) is 0 Å². The maximum Gasteiger partial charge on any atom is 0.231 e. The lowest BCUT2D eigenvalue weighted by Gasteiger charge is -2.17. The highest BCUT2D eigenvalue weighted by molar-refractivity contribution is 7.80. The van der Waals surface area contributed by atoms with Crippen molar-refractivity contribution in [3.05, 3.63) is 0 Å². The highest BCUT2D eigenvalue weighted by Crippen LogP contribution is 1.89. The van der Waals surface area contributed by atoms with E-state index in [2.05, 4.69) is 25.3 Å². The summed E-state index contributed by atoms with van der Waals surface area (Å²) in [5.41, 5.74) is 5.02. The summed E-state index contributed by atoms with van der Waals surface area (Å²) in [5, 5.41) is 0. The topological polar surface area (TPSA) is 46.3 Å². The molecule has 0 bridgehead atoms. The molecule has 0 heterocycles. The molecule has 0 radical (unpaired) electrons. The Kier molecular flexibility index (Phi) is 6.90. The van der Waals surface area contributed by atoms with Gasteiger partial charge in [0.05, 0.1) is 6.54 Å². The van der Waals surface area contributed by atoms with Crippen LogP contribution in [0.3, 0.4) is 0 Å². The molecule has 0 saturated heterocycles. The SMILES string of the molecule is NC(=O)CN(CCS)CCS. The quantitative estimate of drug-likeness (QED) is 0.505. The zero-order valence-corrected chi connectivity index (χ0v) is 8.15. The number of carbonyl (C=O) groups is 1. The predicted molar refractivity (Wildman–Crippen MR) is 53.3 cm³/mol. The lowest BCUT2D eigenvalue weighted by atomic mass is 10.4. The van der Waals surface area contributed by atoms with Crippen LogP contribution in [-0.2, 0) is 4.79 Å². The molecular formula is C6H14N2OS2. The maximum atomic E-state index is 10.5. The van der Waals surface area contributed by atoms with Gasteiger partial charge in [0.2, 0.25) is 5.91 Å². The minimum Gasteiger partial charge on any atom is -0.369 e. The minimum atomic E-state index is -0.298. The molecule has 0 atom stereocenters. The molecule has 0 saturated carbocycles. The number of primary amides is 1. The lowest BCUT2D eigenvalue weighted by Crippen LogP contribution is -2.36. The Morgan fingerprint density at radius 3 is 2.00 bits per heavy atom. The number of amides is 1. The Labute approximate surface area is 78.1 Å². The van der Waals surface area contributed by atoms with E-state index in [-0.39, 0.29) is 5.91 Å². The van der Waals surface area contributed by atoms with Gasteiger partial charge in [0.1, 0.15) is 0 Å². The fraction of sp³-hybridized carbons (Fsp3) is 0.833. The summed E-state index contributed by atoms with van der Waals surface area (Å²) in [5.74, 6) is 1.18. The highest BCUT2D eigenvalue weighted by Gasteiger charge is 2.04. The third-order valence-corrected chi connectivity index (χ3v) is 1.61. The van der Waals surface area contributed by atoms with Gasteiger partial charge in [-0.1, -0.05) is 0 Å². The Bertz CT molecular complexity index is 115. The Morgan fingerprint density at radius 1 is 1.27 bits per heavy atom. The Balaban J connectivity index is 3.59. The van der Waals surface area contributed by atoms with Crippen LogP contribution in [0.5, 0.6) is 0 Å². The average molecular weight is 194 g/mol. The van der Waals surface area contributed by atoms with E-state index in [0.717, 1.165) is 24.6 Å². The first-order valence-electron chi connectivity index (χ1n) is 3.43.